The van der Waals surface area contributed by atoms with Crippen LogP contribution in [0.3, 0.4) is 0 Å². The van der Waals surface area contributed by atoms with Crippen molar-refractivity contribution in [2.24, 2.45) is 11.3 Å². The summed E-state index contributed by atoms with van der Waals surface area (Å²) in [5.74, 6) is 0.128. The Bertz CT molecular complexity index is 258. The second kappa shape index (κ2) is 4.52. The van der Waals surface area contributed by atoms with Crippen LogP contribution in [0.5, 0.6) is 0 Å². The molecule has 2 aliphatic rings. The fourth-order valence-electron chi connectivity index (χ4n) is 2.37. The second-order valence-electron chi connectivity index (χ2n) is 5.89. The van der Waals surface area contributed by atoms with Gasteiger partial charge in [0.25, 0.3) is 0 Å². The SMILES string of the molecule is CC1CCC(Br)C2(OCC(C)(C)CO2)C1Br. The minimum atomic E-state index is -0.465. The molecule has 0 aromatic carbocycles. The van der Waals surface area contributed by atoms with Crippen LogP contribution >= 0.6 is 31.9 Å². The van der Waals surface area contributed by atoms with E-state index in [1.807, 2.05) is 0 Å². The molecule has 1 aliphatic heterocycles. The van der Waals surface area contributed by atoms with Gasteiger partial charge in [0.1, 0.15) is 0 Å². The third-order valence-electron chi connectivity index (χ3n) is 3.57. The van der Waals surface area contributed by atoms with E-state index in [0.29, 0.717) is 5.92 Å². The Kier molecular flexibility index (Phi) is 3.76. The Morgan fingerprint density at radius 2 is 1.62 bits per heavy atom. The number of hydrogen-bond acceptors (Lipinski definition) is 2. The Morgan fingerprint density at radius 1 is 1.06 bits per heavy atom. The predicted octanol–water partition coefficient (Wildman–Crippen LogP) is 3.71. The van der Waals surface area contributed by atoms with Crippen molar-refractivity contribution in [2.75, 3.05) is 13.2 Å². The smallest absolute Gasteiger partial charge is 0.193 e. The fraction of sp³-hybridized carbons (Fsp3) is 1.00. The van der Waals surface area contributed by atoms with E-state index in [-0.39, 0.29) is 15.1 Å². The zero-order chi connectivity index (χ0) is 12.0. The molecule has 94 valence electrons. The molecule has 0 aromatic rings. The van der Waals surface area contributed by atoms with Crippen LogP contribution in [-0.4, -0.2) is 28.7 Å². The maximum Gasteiger partial charge on any atom is 0.193 e. The molecule has 0 aromatic heterocycles. The van der Waals surface area contributed by atoms with Crippen LogP contribution < -0.4 is 0 Å². The highest BCUT2D eigenvalue weighted by atomic mass is 79.9. The number of halogens is 2. The number of ether oxygens (including phenoxy) is 2. The van der Waals surface area contributed by atoms with Gasteiger partial charge in [-0.1, -0.05) is 52.6 Å². The normalized spacial score (nSPS) is 42.2. The van der Waals surface area contributed by atoms with Gasteiger partial charge in [0.05, 0.1) is 22.9 Å². The molecule has 3 unspecified atom stereocenters. The standard InChI is InChI=1S/C12H20Br2O2/c1-8-4-5-9(13)12(10(8)14)15-6-11(2,3)7-16-12/h8-10H,4-7H2,1-3H3. The zero-order valence-corrected chi connectivity index (χ0v) is 13.3. The van der Waals surface area contributed by atoms with Gasteiger partial charge in [-0.25, -0.2) is 0 Å². The van der Waals surface area contributed by atoms with E-state index in [4.69, 9.17) is 9.47 Å². The molecule has 1 aliphatic carbocycles. The topological polar surface area (TPSA) is 18.5 Å². The monoisotopic (exact) mass is 354 g/mol. The first kappa shape index (κ1) is 13.3. The minimum absolute atomic E-state index is 0.130. The largest absolute Gasteiger partial charge is 0.347 e. The highest BCUT2D eigenvalue weighted by molar-refractivity contribution is 9.10. The lowest BCUT2D eigenvalue weighted by molar-refractivity contribution is -0.305. The number of rotatable bonds is 0. The van der Waals surface area contributed by atoms with Crippen LogP contribution in [0.4, 0.5) is 0 Å². The summed E-state index contributed by atoms with van der Waals surface area (Å²) in [4.78, 5) is 0.561. The van der Waals surface area contributed by atoms with E-state index >= 15 is 0 Å². The van der Waals surface area contributed by atoms with Crippen LogP contribution in [0.1, 0.15) is 33.6 Å². The van der Waals surface area contributed by atoms with Crippen molar-refractivity contribution in [3.8, 4) is 0 Å². The van der Waals surface area contributed by atoms with Crippen molar-refractivity contribution in [3.05, 3.63) is 0 Å². The van der Waals surface area contributed by atoms with Crippen LogP contribution in [0, 0.1) is 11.3 Å². The maximum atomic E-state index is 6.10. The number of alkyl halides is 2. The first-order chi connectivity index (χ1) is 7.37. The quantitative estimate of drug-likeness (QED) is 0.616. The lowest BCUT2D eigenvalue weighted by atomic mass is 9.83. The zero-order valence-electron chi connectivity index (χ0n) is 10.1. The van der Waals surface area contributed by atoms with Gasteiger partial charge in [0.2, 0.25) is 0 Å². The first-order valence-electron chi connectivity index (χ1n) is 5.93. The van der Waals surface area contributed by atoms with Gasteiger partial charge < -0.3 is 9.47 Å². The molecule has 3 atom stereocenters. The van der Waals surface area contributed by atoms with E-state index in [1.54, 1.807) is 0 Å². The van der Waals surface area contributed by atoms with E-state index < -0.39 is 5.79 Å². The Balaban J connectivity index is 2.16. The predicted molar refractivity (Wildman–Crippen MR) is 72.2 cm³/mol. The van der Waals surface area contributed by atoms with Crippen LogP contribution in [-0.2, 0) is 9.47 Å². The van der Waals surface area contributed by atoms with Crippen molar-refractivity contribution in [1.29, 1.82) is 0 Å². The lowest BCUT2D eigenvalue weighted by Gasteiger charge is -2.52. The van der Waals surface area contributed by atoms with Crippen LogP contribution in [0.15, 0.2) is 0 Å². The maximum absolute atomic E-state index is 6.10. The summed E-state index contributed by atoms with van der Waals surface area (Å²) in [5, 5.41) is 0. The summed E-state index contributed by atoms with van der Waals surface area (Å²) < 4.78 is 12.2. The molecular formula is C12H20Br2O2. The fourth-order valence-corrected chi connectivity index (χ4v) is 4.38. The van der Waals surface area contributed by atoms with Crippen molar-refractivity contribution in [3.63, 3.8) is 0 Å². The summed E-state index contributed by atoms with van der Waals surface area (Å²) in [6.07, 6.45) is 2.33. The highest BCUT2D eigenvalue weighted by Crippen LogP contribution is 2.47. The molecule has 2 fully saturated rings. The summed E-state index contributed by atoms with van der Waals surface area (Å²) in [6.45, 7) is 8.15. The van der Waals surface area contributed by atoms with Gasteiger partial charge in [-0.2, -0.15) is 0 Å². The van der Waals surface area contributed by atoms with E-state index in [0.717, 1.165) is 19.6 Å². The summed E-state index contributed by atoms with van der Waals surface area (Å²) in [7, 11) is 0. The van der Waals surface area contributed by atoms with Gasteiger partial charge >= 0.3 is 0 Å². The first-order valence-corrected chi connectivity index (χ1v) is 7.77. The molecule has 1 heterocycles. The molecule has 0 amide bonds. The Morgan fingerprint density at radius 3 is 2.19 bits per heavy atom. The van der Waals surface area contributed by atoms with Crippen molar-refractivity contribution >= 4 is 31.9 Å². The Hall–Kier alpha value is 0.880. The molecule has 1 saturated heterocycles. The van der Waals surface area contributed by atoms with Crippen LogP contribution in [0.2, 0.25) is 0 Å². The molecule has 0 bridgehead atoms. The molecule has 2 rings (SSSR count). The average Bonchev–Trinajstić information content (AvgIpc) is 2.23. The third-order valence-corrected chi connectivity index (χ3v) is 6.21. The van der Waals surface area contributed by atoms with Gasteiger partial charge in [0, 0.05) is 5.41 Å². The molecule has 4 heteroatoms. The molecule has 1 spiro atoms. The molecule has 16 heavy (non-hydrogen) atoms. The van der Waals surface area contributed by atoms with E-state index in [1.165, 1.54) is 6.42 Å². The van der Waals surface area contributed by atoms with Crippen molar-refractivity contribution in [2.45, 2.75) is 49.1 Å². The highest BCUT2D eigenvalue weighted by Gasteiger charge is 2.54. The summed E-state index contributed by atoms with van der Waals surface area (Å²) >= 11 is 7.50. The van der Waals surface area contributed by atoms with Crippen LogP contribution in [0.25, 0.3) is 0 Å². The Labute approximate surface area is 115 Å². The minimum Gasteiger partial charge on any atom is -0.347 e. The molecule has 0 N–H and O–H groups in total. The second-order valence-corrected chi connectivity index (χ2v) is 7.98. The van der Waals surface area contributed by atoms with Gasteiger partial charge in [-0.3, -0.25) is 0 Å². The number of hydrogen-bond donors (Lipinski definition) is 0. The molecule has 2 nitrogen and oxygen atoms in total. The van der Waals surface area contributed by atoms with Gasteiger partial charge in [-0.15, -0.1) is 0 Å². The average molecular weight is 356 g/mol. The summed E-state index contributed by atoms with van der Waals surface area (Å²) in [6, 6.07) is 0. The van der Waals surface area contributed by atoms with Crippen molar-refractivity contribution < 1.29 is 9.47 Å². The molecule has 1 saturated carbocycles. The van der Waals surface area contributed by atoms with E-state index in [9.17, 15) is 0 Å². The lowest BCUT2D eigenvalue weighted by Crippen LogP contribution is -2.61. The molecule has 0 radical (unpaired) electrons. The third kappa shape index (κ3) is 2.23. The van der Waals surface area contributed by atoms with Gasteiger partial charge in [0.15, 0.2) is 5.79 Å². The van der Waals surface area contributed by atoms with Gasteiger partial charge in [-0.05, 0) is 18.8 Å². The van der Waals surface area contributed by atoms with Crippen molar-refractivity contribution in [1.82, 2.24) is 0 Å². The van der Waals surface area contributed by atoms with E-state index in [2.05, 4.69) is 52.6 Å². The summed E-state index contributed by atoms with van der Waals surface area (Å²) in [5.41, 5.74) is 0.130. The molecular weight excluding hydrogens is 336 g/mol.